The monoisotopic (exact) mass is 349 g/mol. The van der Waals surface area contributed by atoms with Gasteiger partial charge in [0.1, 0.15) is 5.82 Å². The molecule has 2 rings (SSSR count). The first kappa shape index (κ1) is 16.2. The Bertz CT molecular complexity index is 577. The molecule has 0 fully saturated rings. The highest BCUT2D eigenvalue weighted by molar-refractivity contribution is 9.10. The van der Waals surface area contributed by atoms with Gasteiger partial charge in [0.05, 0.1) is 0 Å². The Morgan fingerprint density at radius 3 is 2.81 bits per heavy atom. The largest absolute Gasteiger partial charge is 0.335 e. The van der Waals surface area contributed by atoms with Gasteiger partial charge in [-0.05, 0) is 43.1 Å². The Morgan fingerprint density at radius 2 is 2.14 bits per heavy atom. The molecule has 0 saturated heterocycles. The van der Waals surface area contributed by atoms with Gasteiger partial charge in [-0.3, -0.25) is 0 Å². The Balaban J connectivity index is 2.24. The number of halogens is 1. The second-order valence-corrected chi connectivity index (χ2v) is 6.27. The number of imidazole rings is 1. The summed E-state index contributed by atoms with van der Waals surface area (Å²) < 4.78 is 3.39. The molecule has 0 spiro atoms. The van der Waals surface area contributed by atoms with Crippen LogP contribution in [0.25, 0.3) is 0 Å². The van der Waals surface area contributed by atoms with Crippen molar-refractivity contribution >= 4 is 15.9 Å². The lowest BCUT2D eigenvalue weighted by atomic mass is 9.98. The SMILES string of the molecule is CCCn1ccnc1CC(NCC)c1ccc(Br)cc1C. The smallest absolute Gasteiger partial charge is 0.110 e. The van der Waals surface area contributed by atoms with Gasteiger partial charge >= 0.3 is 0 Å². The van der Waals surface area contributed by atoms with Crippen LogP contribution in [0.15, 0.2) is 35.1 Å². The lowest BCUT2D eigenvalue weighted by Crippen LogP contribution is -2.25. The first-order chi connectivity index (χ1) is 10.2. The van der Waals surface area contributed by atoms with Crippen LogP contribution in [0.1, 0.15) is 43.3 Å². The average Bonchev–Trinajstić information content (AvgIpc) is 2.86. The fourth-order valence-electron chi connectivity index (χ4n) is 2.73. The van der Waals surface area contributed by atoms with E-state index < -0.39 is 0 Å². The minimum atomic E-state index is 0.307. The van der Waals surface area contributed by atoms with E-state index in [-0.39, 0.29) is 0 Å². The number of hydrogen-bond acceptors (Lipinski definition) is 2. The van der Waals surface area contributed by atoms with Crippen molar-refractivity contribution in [2.45, 2.75) is 46.2 Å². The predicted molar refractivity (Wildman–Crippen MR) is 91.5 cm³/mol. The normalized spacial score (nSPS) is 12.6. The van der Waals surface area contributed by atoms with Crippen LogP contribution in [0.5, 0.6) is 0 Å². The molecule has 2 aromatic rings. The minimum Gasteiger partial charge on any atom is -0.335 e. The molecule has 0 amide bonds. The molecule has 3 nitrogen and oxygen atoms in total. The van der Waals surface area contributed by atoms with E-state index in [1.807, 2.05) is 6.20 Å². The van der Waals surface area contributed by atoms with Crippen LogP contribution in [0, 0.1) is 6.92 Å². The Morgan fingerprint density at radius 1 is 1.33 bits per heavy atom. The van der Waals surface area contributed by atoms with Gasteiger partial charge in [0.2, 0.25) is 0 Å². The molecule has 1 aromatic heterocycles. The molecule has 1 aromatic carbocycles. The molecule has 4 heteroatoms. The summed E-state index contributed by atoms with van der Waals surface area (Å²) in [5, 5.41) is 3.60. The van der Waals surface area contributed by atoms with Gasteiger partial charge in [-0.1, -0.05) is 35.8 Å². The van der Waals surface area contributed by atoms with Crippen LogP contribution in [0.3, 0.4) is 0 Å². The lowest BCUT2D eigenvalue weighted by Gasteiger charge is -2.21. The molecule has 1 unspecified atom stereocenters. The molecule has 21 heavy (non-hydrogen) atoms. The van der Waals surface area contributed by atoms with Crippen LogP contribution >= 0.6 is 15.9 Å². The highest BCUT2D eigenvalue weighted by Crippen LogP contribution is 2.24. The van der Waals surface area contributed by atoms with Crippen LogP contribution < -0.4 is 5.32 Å². The maximum absolute atomic E-state index is 4.54. The number of nitrogens with zero attached hydrogens (tertiary/aromatic N) is 2. The molecule has 0 aliphatic rings. The molecule has 0 saturated carbocycles. The predicted octanol–water partition coefficient (Wildman–Crippen LogP) is 4.26. The van der Waals surface area contributed by atoms with E-state index in [0.717, 1.165) is 36.2 Å². The highest BCUT2D eigenvalue weighted by atomic mass is 79.9. The summed E-state index contributed by atoms with van der Waals surface area (Å²) in [5.74, 6) is 1.16. The summed E-state index contributed by atoms with van der Waals surface area (Å²) in [4.78, 5) is 4.54. The molecule has 114 valence electrons. The Labute approximate surface area is 135 Å². The standard InChI is InChI=1S/C17H24BrN3/c1-4-9-21-10-8-20-17(21)12-16(19-5-2)15-7-6-14(18)11-13(15)3/h6-8,10-11,16,19H,4-5,9,12H2,1-3H3. The van der Waals surface area contributed by atoms with Gasteiger partial charge in [0, 0.05) is 35.9 Å². The summed E-state index contributed by atoms with van der Waals surface area (Å²) in [6, 6.07) is 6.81. The quantitative estimate of drug-likeness (QED) is 0.809. The van der Waals surface area contributed by atoms with Gasteiger partial charge in [-0.25, -0.2) is 4.98 Å². The van der Waals surface area contributed by atoms with Gasteiger partial charge in [-0.2, -0.15) is 0 Å². The zero-order valence-electron chi connectivity index (χ0n) is 13.1. The third kappa shape index (κ3) is 4.17. The lowest BCUT2D eigenvalue weighted by molar-refractivity contribution is 0.514. The molecule has 0 radical (unpaired) electrons. The number of rotatable bonds is 7. The van der Waals surface area contributed by atoms with Crippen molar-refractivity contribution in [3.63, 3.8) is 0 Å². The number of aryl methyl sites for hydroxylation is 2. The van der Waals surface area contributed by atoms with E-state index in [9.17, 15) is 0 Å². The van der Waals surface area contributed by atoms with Crippen LogP contribution in [-0.4, -0.2) is 16.1 Å². The summed E-state index contributed by atoms with van der Waals surface area (Å²) in [6.07, 6.45) is 6.04. The van der Waals surface area contributed by atoms with Gasteiger partial charge in [0.15, 0.2) is 0 Å². The maximum Gasteiger partial charge on any atom is 0.110 e. The third-order valence-corrected chi connectivity index (χ3v) is 4.20. The van der Waals surface area contributed by atoms with Crippen molar-refractivity contribution in [3.8, 4) is 0 Å². The zero-order valence-corrected chi connectivity index (χ0v) is 14.7. The number of benzene rings is 1. The first-order valence-corrected chi connectivity index (χ1v) is 8.44. The molecule has 1 heterocycles. The molecular formula is C17H24BrN3. The van der Waals surface area contributed by atoms with E-state index in [0.29, 0.717) is 6.04 Å². The van der Waals surface area contributed by atoms with Crippen molar-refractivity contribution in [1.82, 2.24) is 14.9 Å². The number of hydrogen-bond donors (Lipinski definition) is 1. The zero-order chi connectivity index (χ0) is 15.2. The topological polar surface area (TPSA) is 29.9 Å². The average molecular weight is 350 g/mol. The van der Waals surface area contributed by atoms with E-state index in [1.165, 1.54) is 11.1 Å². The first-order valence-electron chi connectivity index (χ1n) is 7.65. The van der Waals surface area contributed by atoms with Crippen molar-refractivity contribution in [2.75, 3.05) is 6.54 Å². The van der Waals surface area contributed by atoms with E-state index in [1.54, 1.807) is 0 Å². The van der Waals surface area contributed by atoms with Gasteiger partial charge < -0.3 is 9.88 Å². The van der Waals surface area contributed by atoms with Gasteiger partial charge in [-0.15, -0.1) is 0 Å². The second-order valence-electron chi connectivity index (χ2n) is 5.35. The minimum absolute atomic E-state index is 0.307. The summed E-state index contributed by atoms with van der Waals surface area (Å²) in [6.45, 7) is 8.51. The van der Waals surface area contributed by atoms with Crippen molar-refractivity contribution in [1.29, 1.82) is 0 Å². The molecule has 0 aliphatic carbocycles. The van der Waals surface area contributed by atoms with Crippen LogP contribution in [0.4, 0.5) is 0 Å². The van der Waals surface area contributed by atoms with Gasteiger partial charge in [0.25, 0.3) is 0 Å². The van der Waals surface area contributed by atoms with Crippen molar-refractivity contribution < 1.29 is 0 Å². The third-order valence-electron chi connectivity index (χ3n) is 3.71. The van der Waals surface area contributed by atoms with Crippen LogP contribution in [0.2, 0.25) is 0 Å². The Hall–Kier alpha value is -1.13. The van der Waals surface area contributed by atoms with Crippen molar-refractivity contribution in [2.24, 2.45) is 0 Å². The van der Waals surface area contributed by atoms with Crippen molar-refractivity contribution in [3.05, 3.63) is 52.0 Å². The Kier molecular flexibility index (Phi) is 6.00. The highest BCUT2D eigenvalue weighted by Gasteiger charge is 2.16. The molecule has 0 aliphatic heterocycles. The summed E-state index contributed by atoms with van der Waals surface area (Å²) in [5.41, 5.74) is 2.66. The fourth-order valence-corrected chi connectivity index (χ4v) is 3.20. The van der Waals surface area contributed by atoms with E-state index in [2.05, 4.69) is 76.0 Å². The molecular weight excluding hydrogens is 326 g/mol. The molecule has 1 N–H and O–H groups in total. The molecule has 1 atom stereocenters. The number of nitrogens with one attached hydrogen (secondary N) is 1. The summed E-state index contributed by atoms with van der Waals surface area (Å²) >= 11 is 3.54. The van der Waals surface area contributed by atoms with Crippen LogP contribution in [-0.2, 0) is 13.0 Å². The van der Waals surface area contributed by atoms with E-state index >= 15 is 0 Å². The van der Waals surface area contributed by atoms with E-state index in [4.69, 9.17) is 0 Å². The second kappa shape index (κ2) is 7.76. The number of likely N-dealkylation sites (N-methyl/N-ethyl adjacent to an activating group) is 1. The number of aromatic nitrogens is 2. The summed E-state index contributed by atoms with van der Waals surface area (Å²) in [7, 11) is 0. The maximum atomic E-state index is 4.54. The molecule has 0 bridgehead atoms. The fraction of sp³-hybridized carbons (Fsp3) is 0.471.